The molecule has 2 rings (SSSR count). The van der Waals surface area contributed by atoms with Gasteiger partial charge in [0.25, 0.3) is 0 Å². The lowest BCUT2D eigenvalue weighted by Gasteiger charge is -2.08. The lowest BCUT2D eigenvalue weighted by Crippen LogP contribution is -2.27. The zero-order valence-corrected chi connectivity index (χ0v) is 12.6. The molecule has 0 unspecified atom stereocenters. The van der Waals surface area contributed by atoms with E-state index < -0.39 is 10.0 Å². The van der Waals surface area contributed by atoms with E-state index in [1.54, 1.807) is 19.1 Å². The van der Waals surface area contributed by atoms with Gasteiger partial charge in [0.15, 0.2) is 5.78 Å². The topological polar surface area (TPSA) is 68.2 Å². The van der Waals surface area contributed by atoms with Gasteiger partial charge >= 0.3 is 0 Å². The molecule has 1 aromatic heterocycles. The van der Waals surface area contributed by atoms with Crippen molar-refractivity contribution in [2.45, 2.75) is 24.8 Å². The first kappa shape index (κ1) is 15.5. The number of Topliss-reactive ketones (excluding diaryl/α,β-unsaturated/α-hetero) is 1. The highest BCUT2D eigenvalue weighted by atomic mass is 32.2. The second-order valence-electron chi connectivity index (χ2n) is 4.62. The van der Waals surface area contributed by atoms with E-state index >= 15 is 0 Å². The van der Waals surface area contributed by atoms with Crippen molar-refractivity contribution in [3.8, 4) is 0 Å². The molecule has 0 amide bonds. The van der Waals surface area contributed by atoms with E-state index in [0.29, 0.717) is 25.1 Å². The molecule has 6 heteroatoms. The van der Waals surface area contributed by atoms with Gasteiger partial charge in [-0.05, 0) is 24.3 Å². The highest BCUT2D eigenvalue weighted by Crippen LogP contribution is 2.12. The van der Waals surface area contributed by atoms with Gasteiger partial charge < -0.3 is 4.57 Å². The van der Waals surface area contributed by atoms with Crippen molar-refractivity contribution in [2.75, 3.05) is 6.54 Å². The first-order valence-electron chi connectivity index (χ1n) is 6.76. The fourth-order valence-electron chi connectivity index (χ4n) is 1.95. The molecule has 0 radical (unpaired) electrons. The summed E-state index contributed by atoms with van der Waals surface area (Å²) in [5.74, 6) is -0.0700. The Morgan fingerprint density at radius 2 is 1.90 bits per heavy atom. The summed E-state index contributed by atoms with van der Waals surface area (Å²) in [6, 6.07) is 9.89. The first-order chi connectivity index (χ1) is 10.0. The monoisotopic (exact) mass is 306 g/mol. The average molecular weight is 306 g/mol. The van der Waals surface area contributed by atoms with Crippen molar-refractivity contribution in [1.82, 2.24) is 9.29 Å². The van der Waals surface area contributed by atoms with Gasteiger partial charge in [-0.25, -0.2) is 13.1 Å². The van der Waals surface area contributed by atoms with Crippen LogP contribution in [0, 0.1) is 0 Å². The van der Waals surface area contributed by atoms with Gasteiger partial charge in [0.2, 0.25) is 10.0 Å². The molecule has 0 spiro atoms. The Morgan fingerprint density at radius 3 is 2.57 bits per heavy atom. The van der Waals surface area contributed by atoms with Crippen LogP contribution < -0.4 is 4.72 Å². The van der Waals surface area contributed by atoms with Crippen molar-refractivity contribution in [3.05, 3.63) is 54.4 Å². The molecule has 0 atom stereocenters. The zero-order valence-electron chi connectivity index (χ0n) is 11.8. The summed E-state index contributed by atoms with van der Waals surface area (Å²) >= 11 is 0. The van der Waals surface area contributed by atoms with Crippen LogP contribution in [0.5, 0.6) is 0 Å². The molecule has 0 aliphatic heterocycles. The Hall–Kier alpha value is -1.92. The summed E-state index contributed by atoms with van der Waals surface area (Å²) in [5, 5.41) is 0. The van der Waals surface area contributed by atoms with Gasteiger partial charge in [-0.15, -0.1) is 0 Å². The Balaban J connectivity index is 2.06. The Labute approximate surface area is 124 Å². The van der Waals surface area contributed by atoms with Gasteiger partial charge in [-0.1, -0.05) is 19.1 Å². The summed E-state index contributed by atoms with van der Waals surface area (Å²) in [6.45, 7) is 2.60. The molecule has 1 heterocycles. The Morgan fingerprint density at radius 1 is 1.19 bits per heavy atom. The summed E-state index contributed by atoms with van der Waals surface area (Å²) in [7, 11) is -3.59. The summed E-state index contributed by atoms with van der Waals surface area (Å²) in [6.07, 6.45) is 4.09. The molecule has 0 saturated carbocycles. The van der Waals surface area contributed by atoms with Crippen molar-refractivity contribution in [3.63, 3.8) is 0 Å². The number of ketones is 1. The number of benzene rings is 1. The molecule has 21 heavy (non-hydrogen) atoms. The van der Waals surface area contributed by atoms with Crippen LogP contribution in [-0.2, 0) is 16.6 Å². The number of sulfonamides is 1. The maximum atomic E-state index is 12.2. The van der Waals surface area contributed by atoms with Crippen molar-refractivity contribution < 1.29 is 13.2 Å². The van der Waals surface area contributed by atoms with Crippen LogP contribution in [0.1, 0.15) is 23.7 Å². The largest absolute Gasteiger partial charge is 0.353 e. The third-order valence-electron chi connectivity index (χ3n) is 3.12. The molecule has 112 valence electrons. The number of hydrogen-bond donors (Lipinski definition) is 1. The molecule has 2 aromatic rings. The normalized spacial score (nSPS) is 11.5. The van der Waals surface area contributed by atoms with E-state index in [2.05, 4.69) is 4.72 Å². The second kappa shape index (κ2) is 6.69. The maximum Gasteiger partial charge on any atom is 0.240 e. The SMILES string of the molecule is CCC(=O)c1cccc(S(=O)(=O)NCCn2cccc2)c1. The minimum atomic E-state index is -3.59. The van der Waals surface area contributed by atoms with Crippen LogP contribution in [0.25, 0.3) is 0 Å². The number of aromatic nitrogens is 1. The first-order valence-corrected chi connectivity index (χ1v) is 8.25. The highest BCUT2D eigenvalue weighted by Gasteiger charge is 2.15. The van der Waals surface area contributed by atoms with Gasteiger partial charge in [0, 0.05) is 37.5 Å². The van der Waals surface area contributed by atoms with E-state index in [-0.39, 0.29) is 10.7 Å². The lowest BCUT2D eigenvalue weighted by molar-refractivity contribution is 0.0988. The third kappa shape index (κ3) is 4.03. The van der Waals surface area contributed by atoms with Crippen LogP contribution in [0.15, 0.2) is 53.7 Å². The molecular weight excluding hydrogens is 288 g/mol. The quantitative estimate of drug-likeness (QED) is 0.796. The predicted octanol–water partition coefficient (Wildman–Crippen LogP) is 2.06. The molecule has 0 fully saturated rings. The molecule has 1 aromatic carbocycles. The Bertz CT molecular complexity index is 706. The maximum absolute atomic E-state index is 12.2. The molecule has 0 bridgehead atoms. The Kier molecular flexibility index (Phi) is 4.93. The van der Waals surface area contributed by atoms with Gasteiger partial charge in [-0.3, -0.25) is 4.79 Å². The van der Waals surface area contributed by atoms with Gasteiger partial charge in [0.1, 0.15) is 0 Å². The van der Waals surface area contributed by atoms with E-state index in [9.17, 15) is 13.2 Å². The molecule has 1 N–H and O–H groups in total. The lowest BCUT2D eigenvalue weighted by atomic mass is 10.1. The molecule has 0 saturated heterocycles. The number of rotatable bonds is 7. The van der Waals surface area contributed by atoms with E-state index in [4.69, 9.17) is 0 Å². The fourth-order valence-corrected chi connectivity index (χ4v) is 3.02. The van der Waals surface area contributed by atoms with Crippen LogP contribution in [0.2, 0.25) is 0 Å². The van der Waals surface area contributed by atoms with Gasteiger partial charge in [-0.2, -0.15) is 0 Å². The highest BCUT2D eigenvalue weighted by molar-refractivity contribution is 7.89. The van der Waals surface area contributed by atoms with Crippen LogP contribution in [-0.4, -0.2) is 25.3 Å². The summed E-state index contributed by atoms with van der Waals surface area (Å²) < 4.78 is 28.8. The molecule has 0 aliphatic rings. The van der Waals surface area contributed by atoms with Crippen molar-refractivity contribution in [1.29, 1.82) is 0 Å². The summed E-state index contributed by atoms with van der Waals surface area (Å²) in [4.78, 5) is 11.8. The molecular formula is C15H18N2O3S. The van der Waals surface area contributed by atoms with Crippen molar-refractivity contribution >= 4 is 15.8 Å². The number of nitrogens with one attached hydrogen (secondary N) is 1. The third-order valence-corrected chi connectivity index (χ3v) is 4.57. The molecule has 0 aliphatic carbocycles. The van der Waals surface area contributed by atoms with E-state index in [1.807, 2.05) is 29.1 Å². The average Bonchev–Trinajstić information content (AvgIpc) is 2.99. The smallest absolute Gasteiger partial charge is 0.240 e. The van der Waals surface area contributed by atoms with Crippen LogP contribution in [0.4, 0.5) is 0 Å². The zero-order chi connectivity index (χ0) is 15.3. The van der Waals surface area contributed by atoms with Crippen LogP contribution in [0.3, 0.4) is 0 Å². The number of nitrogens with zero attached hydrogens (tertiary/aromatic N) is 1. The van der Waals surface area contributed by atoms with Crippen molar-refractivity contribution in [2.24, 2.45) is 0 Å². The standard InChI is InChI=1S/C15H18N2O3S/c1-2-15(18)13-6-5-7-14(12-13)21(19,20)16-8-11-17-9-3-4-10-17/h3-7,9-10,12,16H,2,8,11H2,1H3. The number of carbonyl (C=O) groups excluding carboxylic acids is 1. The van der Waals surface area contributed by atoms with E-state index in [0.717, 1.165) is 0 Å². The number of hydrogen-bond acceptors (Lipinski definition) is 3. The minimum Gasteiger partial charge on any atom is -0.353 e. The summed E-state index contributed by atoms with van der Waals surface area (Å²) in [5.41, 5.74) is 0.422. The molecule has 5 nitrogen and oxygen atoms in total. The van der Waals surface area contributed by atoms with Gasteiger partial charge in [0.05, 0.1) is 4.90 Å². The number of carbonyl (C=O) groups is 1. The fraction of sp³-hybridized carbons (Fsp3) is 0.267. The van der Waals surface area contributed by atoms with E-state index in [1.165, 1.54) is 12.1 Å². The predicted molar refractivity (Wildman–Crippen MR) is 80.7 cm³/mol. The van der Waals surface area contributed by atoms with Crippen LogP contribution >= 0.6 is 0 Å². The minimum absolute atomic E-state index is 0.0700. The second-order valence-corrected chi connectivity index (χ2v) is 6.39.